The molecule has 114 valence electrons. The Kier molecular flexibility index (Phi) is 4.40. The quantitative estimate of drug-likeness (QED) is 0.662. The van der Waals surface area contributed by atoms with Crippen LogP contribution < -0.4 is 5.32 Å². The Bertz CT molecular complexity index is 814. The van der Waals surface area contributed by atoms with Crippen molar-refractivity contribution in [3.05, 3.63) is 57.0 Å². The summed E-state index contributed by atoms with van der Waals surface area (Å²) < 4.78 is 1.32. The SMILES string of the molecule is O=C(NCC(O)c1ccccc1)c1cc2sc(Cl)c(Cl)c2[nH]1. The third-order valence-corrected chi connectivity index (χ3v) is 5.19. The number of thiophene rings is 1. The Labute approximate surface area is 140 Å². The van der Waals surface area contributed by atoms with Gasteiger partial charge in [0.05, 0.1) is 21.3 Å². The van der Waals surface area contributed by atoms with E-state index in [4.69, 9.17) is 23.2 Å². The van der Waals surface area contributed by atoms with E-state index in [1.165, 1.54) is 11.3 Å². The number of carbonyl (C=O) groups is 1. The van der Waals surface area contributed by atoms with Crippen LogP contribution in [0.25, 0.3) is 10.2 Å². The Hall–Kier alpha value is -1.53. The first kappa shape index (κ1) is 15.4. The second-order valence-corrected chi connectivity index (χ2v) is 6.78. The van der Waals surface area contributed by atoms with Gasteiger partial charge in [0.1, 0.15) is 10.0 Å². The van der Waals surface area contributed by atoms with Crippen LogP contribution in [-0.4, -0.2) is 22.5 Å². The lowest BCUT2D eigenvalue weighted by atomic mass is 10.1. The van der Waals surface area contributed by atoms with Gasteiger partial charge in [-0.3, -0.25) is 4.79 Å². The third-order valence-electron chi connectivity index (χ3n) is 3.26. The van der Waals surface area contributed by atoms with Gasteiger partial charge in [0, 0.05) is 6.54 Å². The zero-order valence-corrected chi connectivity index (χ0v) is 13.6. The molecule has 3 N–H and O–H groups in total. The summed E-state index contributed by atoms with van der Waals surface area (Å²) in [7, 11) is 0. The predicted molar refractivity (Wildman–Crippen MR) is 89.9 cm³/mol. The molecule has 7 heteroatoms. The molecule has 0 saturated heterocycles. The number of amides is 1. The van der Waals surface area contributed by atoms with Crippen LogP contribution in [0.3, 0.4) is 0 Å². The molecule has 0 fully saturated rings. The number of aliphatic hydroxyl groups is 1. The molecule has 1 aromatic carbocycles. The molecule has 22 heavy (non-hydrogen) atoms. The van der Waals surface area contributed by atoms with Gasteiger partial charge in [0.15, 0.2) is 0 Å². The van der Waals surface area contributed by atoms with Crippen molar-refractivity contribution < 1.29 is 9.90 Å². The number of fused-ring (bicyclic) bond motifs is 1. The lowest BCUT2D eigenvalue weighted by molar-refractivity contribution is 0.0912. The third kappa shape index (κ3) is 2.98. The molecule has 1 amide bonds. The van der Waals surface area contributed by atoms with Gasteiger partial charge in [-0.2, -0.15) is 0 Å². The van der Waals surface area contributed by atoms with E-state index in [2.05, 4.69) is 10.3 Å². The van der Waals surface area contributed by atoms with Gasteiger partial charge >= 0.3 is 0 Å². The summed E-state index contributed by atoms with van der Waals surface area (Å²) in [5, 5.41) is 13.1. The van der Waals surface area contributed by atoms with Crippen LogP contribution >= 0.6 is 34.5 Å². The Morgan fingerprint density at radius 1 is 1.32 bits per heavy atom. The van der Waals surface area contributed by atoms with Crippen molar-refractivity contribution in [3.63, 3.8) is 0 Å². The van der Waals surface area contributed by atoms with E-state index < -0.39 is 6.10 Å². The van der Waals surface area contributed by atoms with Crippen molar-refractivity contribution in [2.75, 3.05) is 6.54 Å². The number of halogens is 2. The number of hydrogen-bond donors (Lipinski definition) is 3. The highest BCUT2D eigenvalue weighted by atomic mass is 35.5. The van der Waals surface area contributed by atoms with Crippen LogP contribution in [0.2, 0.25) is 9.36 Å². The molecule has 0 radical (unpaired) electrons. The second-order valence-electron chi connectivity index (χ2n) is 4.75. The minimum absolute atomic E-state index is 0.129. The normalized spacial score (nSPS) is 12.5. The Morgan fingerprint density at radius 3 is 2.73 bits per heavy atom. The molecule has 1 unspecified atom stereocenters. The fourth-order valence-electron chi connectivity index (χ4n) is 2.12. The summed E-state index contributed by atoms with van der Waals surface area (Å²) in [5.74, 6) is -0.300. The van der Waals surface area contributed by atoms with E-state index >= 15 is 0 Å². The fraction of sp³-hybridized carbons (Fsp3) is 0.133. The van der Waals surface area contributed by atoms with Crippen LogP contribution in [0.1, 0.15) is 22.2 Å². The lowest BCUT2D eigenvalue weighted by Crippen LogP contribution is -2.28. The number of nitrogens with one attached hydrogen (secondary N) is 2. The molecule has 4 nitrogen and oxygen atoms in total. The highest BCUT2D eigenvalue weighted by molar-refractivity contribution is 7.23. The molecule has 0 aliphatic carbocycles. The molecule has 3 rings (SSSR count). The topological polar surface area (TPSA) is 65.1 Å². The predicted octanol–water partition coefficient (Wildman–Crippen LogP) is 4.00. The maximum atomic E-state index is 12.1. The molecule has 0 aliphatic heterocycles. The van der Waals surface area contributed by atoms with Crippen LogP contribution in [-0.2, 0) is 0 Å². The molecule has 3 aromatic rings. The van der Waals surface area contributed by atoms with Crippen LogP contribution in [0.15, 0.2) is 36.4 Å². The Balaban J connectivity index is 1.68. The molecular weight excluding hydrogens is 343 g/mol. The van der Waals surface area contributed by atoms with Crippen molar-refractivity contribution in [1.82, 2.24) is 10.3 Å². The van der Waals surface area contributed by atoms with Crippen molar-refractivity contribution in [2.45, 2.75) is 6.10 Å². The highest BCUT2D eigenvalue weighted by Crippen LogP contribution is 2.38. The van der Waals surface area contributed by atoms with Gasteiger partial charge < -0.3 is 15.4 Å². The second kappa shape index (κ2) is 6.30. The average Bonchev–Trinajstić information content (AvgIpc) is 3.06. The number of benzene rings is 1. The van der Waals surface area contributed by atoms with Crippen molar-refractivity contribution in [3.8, 4) is 0 Å². The number of rotatable bonds is 4. The summed E-state index contributed by atoms with van der Waals surface area (Å²) in [6, 6.07) is 10.9. The Morgan fingerprint density at radius 2 is 2.05 bits per heavy atom. The average molecular weight is 355 g/mol. The highest BCUT2D eigenvalue weighted by Gasteiger charge is 2.16. The monoisotopic (exact) mass is 354 g/mol. The van der Waals surface area contributed by atoms with E-state index in [9.17, 15) is 9.90 Å². The van der Waals surface area contributed by atoms with Crippen LogP contribution in [0.5, 0.6) is 0 Å². The van der Waals surface area contributed by atoms with Gasteiger partial charge in [0.2, 0.25) is 0 Å². The number of carbonyl (C=O) groups excluding carboxylic acids is 1. The van der Waals surface area contributed by atoms with Crippen molar-refractivity contribution >= 4 is 50.7 Å². The first-order valence-electron chi connectivity index (χ1n) is 6.54. The summed E-state index contributed by atoms with van der Waals surface area (Å²) in [6.45, 7) is 0.129. The fourth-order valence-corrected chi connectivity index (χ4v) is 3.60. The van der Waals surface area contributed by atoms with Gasteiger partial charge in [-0.15, -0.1) is 11.3 Å². The number of aromatic nitrogens is 1. The summed E-state index contributed by atoms with van der Waals surface area (Å²) >= 11 is 13.3. The molecule has 2 aromatic heterocycles. The van der Waals surface area contributed by atoms with Crippen molar-refractivity contribution in [2.24, 2.45) is 0 Å². The van der Waals surface area contributed by atoms with Crippen LogP contribution in [0.4, 0.5) is 0 Å². The molecule has 0 saturated carbocycles. The van der Waals surface area contributed by atoms with Gasteiger partial charge in [-0.25, -0.2) is 0 Å². The number of H-pyrrole nitrogens is 1. The maximum Gasteiger partial charge on any atom is 0.267 e. The first-order chi connectivity index (χ1) is 10.6. The number of aliphatic hydroxyl groups excluding tert-OH is 1. The zero-order chi connectivity index (χ0) is 15.7. The van der Waals surface area contributed by atoms with Gasteiger partial charge in [-0.05, 0) is 11.6 Å². The van der Waals surface area contributed by atoms with E-state index in [1.54, 1.807) is 6.07 Å². The molecule has 1 atom stereocenters. The first-order valence-corrected chi connectivity index (χ1v) is 8.11. The standard InChI is InChI=1S/C15H12Cl2N2O2S/c16-12-13-11(22-14(12)17)6-9(19-13)15(21)18-7-10(20)8-4-2-1-3-5-8/h1-6,10,19-20H,7H2,(H,18,21). The van der Waals surface area contributed by atoms with E-state index in [0.717, 1.165) is 10.3 Å². The maximum absolute atomic E-state index is 12.1. The number of hydrogen-bond acceptors (Lipinski definition) is 3. The van der Waals surface area contributed by atoms with Crippen molar-refractivity contribution in [1.29, 1.82) is 0 Å². The zero-order valence-electron chi connectivity index (χ0n) is 11.3. The van der Waals surface area contributed by atoms with E-state index in [1.807, 2.05) is 30.3 Å². The largest absolute Gasteiger partial charge is 0.387 e. The summed E-state index contributed by atoms with van der Waals surface area (Å²) in [4.78, 5) is 15.1. The molecule has 0 aliphatic rings. The molecule has 0 bridgehead atoms. The minimum Gasteiger partial charge on any atom is -0.387 e. The van der Waals surface area contributed by atoms with Gasteiger partial charge in [-0.1, -0.05) is 53.5 Å². The lowest BCUT2D eigenvalue weighted by Gasteiger charge is -2.11. The summed E-state index contributed by atoms with van der Waals surface area (Å²) in [6.07, 6.45) is -0.751. The minimum atomic E-state index is -0.751. The number of aromatic amines is 1. The molecular formula is C15H12Cl2N2O2S. The van der Waals surface area contributed by atoms with Crippen LogP contribution in [0, 0.1) is 0 Å². The van der Waals surface area contributed by atoms with E-state index in [0.29, 0.717) is 20.6 Å². The van der Waals surface area contributed by atoms with Gasteiger partial charge in [0.25, 0.3) is 5.91 Å². The van der Waals surface area contributed by atoms with E-state index in [-0.39, 0.29) is 12.5 Å². The molecule has 0 spiro atoms. The summed E-state index contributed by atoms with van der Waals surface area (Å²) in [5.41, 5.74) is 1.80. The molecule has 2 heterocycles. The smallest absolute Gasteiger partial charge is 0.267 e.